The van der Waals surface area contributed by atoms with Crippen LogP contribution in [-0.2, 0) is 27.1 Å². The summed E-state index contributed by atoms with van der Waals surface area (Å²) in [7, 11) is 2.91. The first-order chi connectivity index (χ1) is 30.5. The van der Waals surface area contributed by atoms with Crippen molar-refractivity contribution in [3.05, 3.63) is 165 Å². The summed E-state index contributed by atoms with van der Waals surface area (Å²) in [5.41, 5.74) is 4.56. The van der Waals surface area contributed by atoms with Crippen LogP contribution in [0.4, 0.5) is 45.5 Å². The number of aliphatic hydroxyl groups is 2. The molecule has 316 valence electrons. The predicted molar refractivity (Wildman–Crippen MR) is 232 cm³/mol. The van der Waals surface area contributed by atoms with Crippen molar-refractivity contribution in [2.75, 3.05) is 6.61 Å². The Labute approximate surface area is 359 Å². The summed E-state index contributed by atoms with van der Waals surface area (Å²) in [5, 5.41) is 76.6. The molecule has 3 aromatic carbocycles. The lowest BCUT2D eigenvalue weighted by atomic mass is 10.0. The summed E-state index contributed by atoms with van der Waals surface area (Å²) >= 11 is 0. The molecule has 0 aliphatic carbocycles. The van der Waals surface area contributed by atoms with E-state index in [1.165, 1.54) is 14.1 Å². The molecule has 4 heterocycles. The van der Waals surface area contributed by atoms with Crippen molar-refractivity contribution in [3.63, 3.8) is 0 Å². The van der Waals surface area contributed by atoms with E-state index in [9.17, 15) is 30.0 Å². The molecule has 4 aromatic heterocycles. The average Bonchev–Trinajstić information content (AvgIpc) is 3.30. The van der Waals surface area contributed by atoms with Crippen LogP contribution < -0.4 is 20.3 Å². The van der Waals surface area contributed by atoms with E-state index in [2.05, 4.69) is 40.9 Å². The third-order valence-corrected chi connectivity index (χ3v) is 10.0. The minimum absolute atomic E-state index is 0.126. The summed E-state index contributed by atoms with van der Waals surface area (Å²) < 4.78 is 5.54. The molecule has 0 amide bonds. The van der Waals surface area contributed by atoms with Gasteiger partial charge in [0.05, 0.1) is 51.9 Å². The van der Waals surface area contributed by atoms with Crippen molar-refractivity contribution >= 4 is 45.5 Å². The SMILES string of the molecule is Cc1c(N=Nc2ccc(N=Nc3cc(CO)c(N=Nc4cccc(N=Nc5c(C)c(-[n+]6ccccc6)c(=O)n(C)c5O)c4)c(CCO)c3)cc2)c(O)n(C)c(=O)c1-[n+]1ccccc1. The van der Waals surface area contributed by atoms with Gasteiger partial charge in [-0.3, -0.25) is 18.7 Å². The van der Waals surface area contributed by atoms with Gasteiger partial charge in [-0.15, -0.1) is 15.3 Å². The van der Waals surface area contributed by atoms with Gasteiger partial charge in [-0.25, -0.2) is 0 Å². The number of aromatic hydroxyl groups is 2. The number of rotatable bonds is 13. The number of azo groups is 4. The van der Waals surface area contributed by atoms with Crippen LogP contribution in [0.1, 0.15) is 22.3 Å². The van der Waals surface area contributed by atoms with Crippen molar-refractivity contribution < 1.29 is 29.6 Å². The highest BCUT2D eigenvalue weighted by Gasteiger charge is 2.25. The van der Waals surface area contributed by atoms with Gasteiger partial charge in [-0.2, -0.15) is 34.7 Å². The van der Waals surface area contributed by atoms with Gasteiger partial charge < -0.3 is 20.4 Å². The normalized spacial score (nSPS) is 11.8. The molecule has 7 aromatic rings. The Bertz CT molecular complexity index is 3060. The van der Waals surface area contributed by atoms with E-state index in [1.54, 1.807) is 133 Å². The Morgan fingerprint density at radius 3 is 1.37 bits per heavy atom. The second-order valence-electron chi connectivity index (χ2n) is 14.2. The average molecular weight is 847 g/mol. The molecule has 0 radical (unpaired) electrons. The van der Waals surface area contributed by atoms with Crippen LogP contribution >= 0.6 is 0 Å². The first-order valence-electron chi connectivity index (χ1n) is 19.5. The van der Waals surface area contributed by atoms with Crippen molar-refractivity contribution in [2.45, 2.75) is 26.9 Å². The largest absolute Gasteiger partial charge is 0.493 e. The van der Waals surface area contributed by atoms with Crippen molar-refractivity contribution in [1.82, 2.24) is 9.13 Å². The second kappa shape index (κ2) is 19.0. The zero-order valence-electron chi connectivity index (χ0n) is 34.6. The first-order valence-corrected chi connectivity index (χ1v) is 19.5. The number of aliphatic hydroxyl groups excluding tert-OH is 2. The summed E-state index contributed by atoms with van der Waals surface area (Å²) in [5.74, 6) is -0.649. The maximum absolute atomic E-state index is 13.0. The number of benzene rings is 3. The standard InChI is InChI=1S/C45H40N12O6/c1-28-37(42(60)54(3)44(62)40(28)56-19-7-5-8-20-56)51-47-33-16-14-32(15-17-33)46-50-36-24-30(18-23-58)39(31(25-36)27-59)53-49-35-13-11-12-34(26-35)48-52-38-29(2)41(45(63)55(4)43(38)61)57-21-9-6-10-22-57/h5-17,19-22,24-26,58-59H,18,23,27H2,1-4H3/p+2. The Morgan fingerprint density at radius 2 is 0.905 bits per heavy atom. The summed E-state index contributed by atoms with van der Waals surface area (Å²) in [4.78, 5) is 26.0. The predicted octanol–water partition coefficient (Wildman–Crippen LogP) is 8.35. The Hall–Kier alpha value is -8.22. The number of pyridine rings is 4. The van der Waals surface area contributed by atoms with Gasteiger partial charge in [-0.1, -0.05) is 18.2 Å². The summed E-state index contributed by atoms with van der Waals surface area (Å²) in [6, 6.07) is 27.6. The highest BCUT2D eigenvalue weighted by Crippen LogP contribution is 2.36. The second-order valence-corrected chi connectivity index (χ2v) is 14.2. The third-order valence-electron chi connectivity index (χ3n) is 10.0. The van der Waals surface area contributed by atoms with Crippen LogP contribution in [0.3, 0.4) is 0 Å². The molecule has 7 rings (SSSR count). The molecule has 0 aliphatic rings. The highest BCUT2D eigenvalue weighted by atomic mass is 16.3. The van der Waals surface area contributed by atoms with E-state index >= 15 is 0 Å². The molecule has 18 nitrogen and oxygen atoms in total. The van der Waals surface area contributed by atoms with Crippen molar-refractivity contribution in [1.29, 1.82) is 0 Å². The quantitative estimate of drug-likeness (QED) is 0.0657. The lowest BCUT2D eigenvalue weighted by molar-refractivity contribution is -0.597. The van der Waals surface area contributed by atoms with E-state index in [0.29, 0.717) is 67.8 Å². The maximum Gasteiger partial charge on any atom is 0.326 e. The number of hydrogen-bond acceptors (Lipinski definition) is 14. The molecule has 0 saturated heterocycles. The van der Waals surface area contributed by atoms with Gasteiger partial charge in [0.1, 0.15) is 0 Å². The van der Waals surface area contributed by atoms with Crippen molar-refractivity contribution in [3.8, 4) is 23.1 Å². The van der Waals surface area contributed by atoms with Crippen LogP contribution in [0.25, 0.3) is 11.4 Å². The Kier molecular flexibility index (Phi) is 12.9. The molecular formula is C45H42N12O6+2. The highest BCUT2D eigenvalue weighted by molar-refractivity contribution is 5.62. The van der Waals surface area contributed by atoms with Gasteiger partial charge >= 0.3 is 11.1 Å². The third kappa shape index (κ3) is 9.26. The van der Waals surface area contributed by atoms with E-state index in [4.69, 9.17) is 0 Å². The fourth-order valence-electron chi connectivity index (χ4n) is 6.65. The monoisotopic (exact) mass is 846 g/mol. The van der Waals surface area contributed by atoms with E-state index in [1.807, 2.05) is 12.1 Å². The smallest absolute Gasteiger partial charge is 0.326 e. The van der Waals surface area contributed by atoms with Crippen LogP contribution in [0.2, 0.25) is 0 Å². The van der Waals surface area contributed by atoms with Crippen LogP contribution in [-0.4, -0.2) is 36.2 Å². The van der Waals surface area contributed by atoms with Crippen LogP contribution in [0, 0.1) is 13.8 Å². The molecular weight excluding hydrogens is 805 g/mol. The van der Waals surface area contributed by atoms with Crippen LogP contribution in [0.5, 0.6) is 11.8 Å². The molecule has 0 fully saturated rings. The minimum atomic E-state index is -0.399. The topological polar surface area (TPSA) is 232 Å². The van der Waals surface area contributed by atoms with Gasteiger partial charge in [0.25, 0.3) is 11.4 Å². The molecule has 18 heteroatoms. The number of hydrogen-bond donors (Lipinski definition) is 4. The molecule has 0 aliphatic heterocycles. The van der Waals surface area contributed by atoms with Crippen molar-refractivity contribution in [2.24, 2.45) is 55.0 Å². The van der Waals surface area contributed by atoms with E-state index < -0.39 is 12.2 Å². The first kappa shape index (κ1) is 42.9. The zero-order valence-corrected chi connectivity index (χ0v) is 34.6. The molecule has 0 bridgehead atoms. The zero-order chi connectivity index (χ0) is 44.6. The van der Waals surface area contributed by atoms with Gasteiger partial charge in [-0.05, 0) is 80.4 Å². The van der Waals surface area contributed by atoms with Gasteiger partial charge in [0.15, 0.2) is 36.2 Å². The Balaban J connectivity index is 1.09. The fraction of sp³-hybridized carbons (Fsp3) is 0.156. The van der Waals surface area contributed by atoms with Gasteiger partial charge in [0, 0.05) is 50.5 Å². The molecule has 4 N–H and O–H groups in total. The lowest BCUT2D eigenvalue weighted by Gasteiger charge is -2.10. The van der Waals surface area contributed by atoms with Crippen LogP contribution in [0.15, 0.2) is 172 Å². The summed E-state index contributed by atoms with van der Waals surface area (Å²) in [6.07, 6.45) is 7.13. The minimum Gasteiger partial charge on any atom is -0.493 e. The van der Waals surface area contributed by atoms with Gasteiger partial charge in [0.2, 0.25) is 11.8 Å². The number of nitrogens with zero attached hydrogens (tertiary/aromatic N) is 12. The lowest BCUT2D eigenvalue weighted by Crippen LogP contribution is -2.39. The molecule has 0 spiro atoms. The molecule has 0 atom stereocenters. The van der Waals surface area contributed by atoms with E-state index in [0.717, 1.165) is 9.13 Å². The maximum atomic E-state index is 13.0. The summed E-state index contributed by atoms with van der Waals surface area (Å²) in [6.45, 7) is 2.78. The fourth-order valence-corrected chi connectivity index (χ4v) is 6.65. The molecule has 0 saturated carbocycles. The molecule has 63 heavy (non-hydrogen) atoms. The Morgan fingerprint density at radius 1 is 0.492 bits per heavy atom. The van der Waals surface area contributed by atoms with E-state index in [-0.39, 0.29) is 41.7 Å². The molecule has 0 unspecified atom stereocenters. The number of aromatic nitrogens is 4.